The number of hydrogen-bond donors (Lipinski definition) is 0. The molecule has 0 heterocycles. The molecule has 2 rings (SSSR count). The first-order valence-electron chi connectivity index (χ1n) is 8.43. The monoisotopic (exact) mass is 394 g/mol. The zero-order valence-electron chi connectivity index (χ0n) is 15.0. The summed E-state index contributed by atoms with van der Waals surface area (Å²) in [4.78, 5) is 0. The Labute approximate surface area is 157 Å². The Hall–Kier alpha value is -2.43. The fourth-order valence-corrected chi connectivity index (χ4v) is 3.39. The molecule has 7 heteroatoms. The average Bonchev–Trinajstić information content (AvgIpc) is 2.62. The first-order valence-corrected chi connectivity index (χ1v) is 9.89. The number of benzene rings is 2. The van der Waals surface area contributed by atoms with E-state index in [4.69, 9.17) is 13.6 Å². The van der Waals surface area contributed by atoms with Gasteiger partial charge < -0.3 is 9.05 Å². The van der Waals surface area contributed by atoms with Gasteiger partial charge in [-0.05, 0) is 37.6 Å². The number of hydrogen-bond acceptors (Lipinski definition) is 4. The Morgan fingerprint density at radius 3 is 2.48 bits per heavy atom. The lowest BCUT2D eigenvalue weighted by Crippen LogP contribution is -2.11. The van der Waals surface area contributed by atoms with E-state index in [1.54, 1.807) is 49.4 Å². The van der Waals surface area contributed by atoms with Crippen LogP contribution in [0.3, 0.4) is 0 Å². The van der Waals surface area contributed by atoms with Crippen LogP contribution in [0.5, 0.6) is 11.5 Å². The topological polar surface area (TPSA) is 44.8 Å². The van der Waals surface area contributed by atoms with Gasteiger partial charge in [0.1, 0.15) is 11.6 Å². The van der Waals surface area contributed by atoms with Gasteiger partial charge in [-0.2, -0.15) is 0 Å². The number of phosphoric acid groups is 1. The van der Waals surface area contributed by atoms with Crippen molar-refractivity contribution in [2.75, 3.05) is 0 Å². The van der Waals surface area contributed by atoms with Crippen molar-refractivity contribution in [3.8, 4) is 11.5 Å². The third-order valence-electron chi connectivity index (χ3n) is 3.22. The highest BCUT2D eigenvalue weighted by Crippen LogP contribution is 2.51. The first-order chi connectivity index (χ1) is 12.9. The summed E-state index contributed by atoms with van der Waals surface area (Å²) in [5, 5.41) is 0. The molecule has 0 amide bonds. The van der Waals surface area contributed by atoms with E-state index in [0.29, 0.717) is 6.07 Å². The summed E-state index contributed by atoms with van der Waals surface area (Å²) < 4.78 is 56.2. The Bertz CT molecular complexity index is 837. The molecule has 0 bridgehead atoms. The molecule has 0 aliphatic carbocycles. The van der Waals surface area contributed by atoms with Crippen LogP contribution in [-0.2, 0) is 9.09 Å². The Morgan fingerprint density at radius 2 is 1.81 bits per heavy atom. The molecule has 2 atom stereocenters. The maximum Gasteiger partial charge on any atom is 0.588 e. The number of phosphoric ester groups is 1. The SMILES string of the molecule is CC/C=C\C=C/C(C)OP(=O)(Oc1ccccc1)Oc1ccc(F)cc1F. The van der Waals surface area contributed by atoms with Gasteiger partial charge in [0, 0.05) is 6.07 Å². The molecule has 4 nitrogen and oxygen atoms in total. The van der Waals surface area contributed by atoms with Gasteiger partial charge in [0.05, 0.1) is 6.10 Å². The van der Waals surface area contributed by atoms with Crippen molar-refractivity contribution in [1.82, 2.24) is 0 Å². The first kappa shape index (κ1) is 20.9. The molecule has 0 aliphatic rings. The van der Waals surface area contributed by atoms with E-state index >= 15 is 0 Å². The zero-order chi connectivity index (χ0) is 19.7. The van der Waals surface area contributed by atoms with Gasteiger partial charge in [0.2, 0.25) is 0 Å². The molecule has 144 valence electrons. The second kappa shape index (κ2) is 10.0. The van der Waals surface area contributed by atoms with Crippen molar-refractivity contribution >= 4 is 7.82 Å². The average molecular weight is 394 g/mol. The van der Waals surface area contributed by atoms with Crippen LogP contribution in [-0.4, -0.2) is 6.10 Å². The Balaban J connectivity index is 2.23. The van der Waals surface area contributed by atoms with E-state index in [0.717, 1.165) is 18.6 Å². The van der Waals surface area contributed by atoms with E-state index in [1.165, 1.54) is 0 Å². The maximum atomic E-state index is 13.9. The highest BCUT2D eigenvalue weighted by molar-refractivity contribution is 7.49. The summed E-state index contributed by atoms with van der Waals surface area (Å²) in [6.07, 6.45) is 7.38. The number of allylic oxidation sites excluding steroid dienone is 3. The molecule has 0 aliphatic heterocycles. The van der Waals surface area contributed by atoms with Gasteiger partial charge in [-0.3, -0.25) is 4.52 Å². The smallest absolute Gasteiger partial charge is 0.395 e. The third-order valence-corrected chi connectivity index (χ3v) is 4.67. The lowest BCUT2D eigenvalue weighted by Gasteiger charge is -2.21. The van der Waals surface area contributed by atoms with Gasteiger partial charge in [-0.15, -0.1) is 0 Å². The molecule has 0 spiro atoms. The number of rotatable bonds is 9. The standard InChI is InChI=1S/C20H21F2O4P/c1-3-4-5-7-10-16(2)24-27(23,25-18-11-8-6-9-12-18)26-20-14-13-17(21)15-19(20)22/h4-16H,3H2,1-2H3/b5-4-,10-7-. The third kappa shape index (κ3) is 7.00. The number of para-hydroxylation sites is 1. The normalized spacial score (nSPS) is 15.0. The summed E-state index contributed by atoms with van der Waals surface area (Å²) in [5.74, 6) is -1.99. The highest BCUT2D eigenvalue weighted by atomic mass is 31.2. The van der Waals surface area contributed by atoms with E-state index in [-0.39, 0.29) is 5.75 Å². The minimum absolute atomic E-state index is 0.227. The molecule has 0 saturated carbocycles. The minimum Gasteiger partial charge on any atom is -0.395 e. The van der Waals surface area contributed by atoms with Crippen molar-refractivity contribution in [1.29, 1.82) is 0 Å². The van der Waals surface area contributed by atoms with Gasteiger partial charge in [-0.25, -0.2) is 13.3 Å². The number of halogens is 2. The van der Waals surface area contributed by atoms with Crippen molar-refractivity contribution in [2.24, 2.45) is 0 Å². The predicted octanol–water partition coefficient (Wildman–Crippen LogP) is 6.46. The predicted molar refractivity (Wildman–Crippen MR) is 101 cm³/mol. The summed E-state index contributed by atoms with van der Waals surface area (Å²) in [6.45, 7) is 3.64. The van der Waals surface area contributed by atoms with Gasteiger partial charge in [-0.1, -0.05) is 49.4 Å². The Morgan fingerprint density at radius 1 is 1.07 bits per heavy atom. The fraction of sp³-hybridized carbons (Fsp3) is 0.200. The van der Waals surface area contributed by atoms with Crippen LogP contribution >= 0.6 is 7.82 Å². The van der Waals surface area contributed by atoms with Crippen LogP contribution < -0.4 is 9.05 Å². The Kier molecular flexibility index (Phi) is 7.77. The molecule has 27 heavy (non-hydrogen) atoms. The second-order valence-corrected chi connectivity index (χ2v) is 7.02. The lowest BCUT2D eigenvalue weighted by molar-refractivity contribution is 0.181. The largest absolute Gasteiger partial charge is 0.588 e. The molecule has 0 radical (unpaired) electrons. The van der Waals surface area contributed by atoms with Crippen molar-refractivity contribution in [3.63, 3.8) is 0 Å². The molecular formula is C20H21F2O4P. The van der Waals surface area contributed by atoms with Crippen molar-refractivity contribution < 1.29 is 26.9 Å². The van der Waals surface area contributed by atoms with Crippen LogP contribution in [0.4, 0.5) is 8.78 Å². The minimum atomic E-state index is -4.25. The van der Waals surface area contributed by atoms with E-state index in [2.05, 4.69) is 0 Å². The summed E-state index contributed by atoms with van der Waals surface area (Å²) in [6, 6.07) is 10.9. The van der Waals surface area contributed by atoms with Gasteiger partial charge in [0.15, 0.2) is 11.6 Å². The van der Waals surface area contributed by atoms with Crippen LogP contribution in [0.25, 0.3) is 0 Å². The summed E-state index contributed by atoms with van der Waals surface area (Å²) in [7, 11) is -4.25. The van der Waals surface area contributed by atoms with Gasteiger partial charge in [0.25, 0.3) is 0 Å². The molecule has 0 N–H and O–H groups in total. The summed E-state index contributed by atoms with van der Waals surface area (Å²) >= 11 is 0. The zero-order valence-corrected chi connectivity index (χ0v) is 15.9. The molecule has 0 fully saturated rings. The molecular weight excluding hydrogens is 373 g/mol. The molecule has 2 aromatic carbocycles. The van der Waals surface area contributed by atoms with Crippen molar-refractivity contribution in [3.05, 3.63) is 84.5 Å². The molecule has 0 aromatic heterocycles. The maximum absolute atomic E-state index is 13.9. The lowest BCUT2D eigenvalue weighted by atomic mass is 10.3. The van der Waals surface area contributed by atoms with Crippen LogP contribution in [0.2, 0.25) is 0 Å². The second-order valence-electron chi connectivity index (χ2n) is 5.55. The quantitative estimate of drug-likeness (QED) is 0.362. The molecule has 2 unspecified atom stereocenters. The van der Waals surface area contributed by atoms with E-state index < -0.39 is 31.3 Å². The van der Waals surface area contributed by atoms with Crippen molar-refractivity contribution in [2.45, 2.75) is 26.4 Å². The van der Waals surface area contributed by atoms with E-state index in [9.17, 15) is 13.3 Å². The molecule has 0 saturated heterocycles. The van der Waals surface area contributed by atoms with Crippen LogP contribution in [0, 0.1) is 11.6 Å². The molecule has 2 aromatic rings. The fourth-order valence-electron chi connectivity index (χ4n) is 2.02. The van der Waals surface area contributed by atoms with Gasteiger partial charge >= 0.3 is 7.82 Å². The highest BCUT2D eigenvalue weighted by Gasteiger charge is 2.33. The van der Waals surface area contributed by atoms with Crippen LogP contribution in [0.15, 0.2) is 72.8 Å². The van der Waals surface area contributed by atoms with Crippen LogP contribution in [0.1, 0.15) is 20.3 Å². The summed E-state index contributed by atoms with van der Waals surface area (Å²) in [5.41, 5.74) is 0. The van der Waals surface area contributed by atoms with E-state index in [1.807, 2.05) is 19.1 Å².